The highest BCUT2D eigenvalue weighted by Crippen LogP contribution is 2.37. The third-order valence-corrected chi connectivity index (χ3v) is 5.00. The fraction of sp³-hybridized carbons (Fsp3) is 0.438. The molecule has 1 atom stereocenters. The molecule has 1 aliphatic rings. The van der Waals surface area contributed by atoms with Crippen LogP contribution in [0.4, 0.5) is 5.69 Å². The summed E-state index contributed by atoms with van der Waals surface area (Å²) in [5, 5.41) is 3.28. The number of fused-ring (bicyclic) bond motifs is 1. The first-order valence-electron chi connectivity index (χ1n) is 7.21. The highest BCUT2D eigenvalue weighted by atomic mass is 32.1. The van der Waals surface area contributed by atoms with Crippen LogP contribution in [-0.2, 0) is 6.42 Å². The molecule has 106 valence electrons. The number of thiophene rings is 1. The average molecular weight is 287 g/mol. The Labute approximate surface area is 124 Å². The SMILES string of the molecule is CNCCC(c1ccc(C)s1)N1CCc2ncccc21. The molecule has 2 aromatic rings. The van der Waals surface area contributed by atoms with Crippen LogP contribution in [0.25, 0.3) is 0 Å². The Morgan fingerprint density at radius 1 is 1.40 bits per heavy atom. The van der Waals surface area contributed by atoms with E-state index < -0.39 is 0 Å². The second-order valence-electron chi connectivity index (χ2n) is 5.27. The maximum Gasteiger partial charge on any atom is 0.0654 e. The van der Waals surface area contributed by atoms with Gasteiger partial charge in [0, 0.05) is 28.9 Å². The Balaban J connectivity index is 1.90. The van der Waals surface area contributed by atoms with Crippen molar-refractivity contribution in [2.75, 3.05) is 25.0 Å². The van der Waals surface area contributed by atoms with E-state index in [1.54, 1.807) is 0 Å². The van der Waals surface area contributed by atoms with E-state index in [9.17, 15) is 0 Å². The van der Waals surface area contributed by atoms with E-state index in [0.717, 1.165) is 25.9 Å². The molecule has 20 heavy (non-hydrogen) atoms. The maximum atomic E-state index is 4.52. The smallest absolute Gasteiger partial charge is 0.0654 e. The average Bonchev–Trinajstić information content (AvgIpc) is 3.07. The number of anilines is 1. The molecule has 1 N–H and O–H groups in total. The largest absolute Gasteiger partial charge is 0.362 e. The van der Waals surface area contributed by atoms with Crippen molar-refractivity contribution in [2.24, 2.45) is 0 Å². The van der Waals surface area contributed by atoms with Crippen LogP contribution in [0.2, 0.25) is 0 Å². The molecule has 1 unspecified atom stereocenters. The summed E-state index contributed by atoms with van der Waals surface area (Å²) in [5.41, 5.74) is 2.56. The lowest BCUT2D eigenvalue weighted by atomic mass is 10.1. The van der Waals surface area contributed by atoms with Gasteiger partial charge in [0.1, 0.15) is 0 Å². The van der Waals surface area contributed by atoms with Crippen molar-refractivity contribution in [3.05, 3.63) is 45.9 Å². The third-order valence-electron chi connectivity index (χ3n) is 3.90. The fourth-order valence-electron chi connectivity index (χ4n) is 2.92. The van der Waals surface area contributed by atoms with Crippen molar-refractivity contribution in [3.63, 3.8) is 0 Å². The van der Waals surface area contributed by atoms with Gasteiger partial charge in [-0.25, -0.2) is 0 Å². The van der Waals surface area contributed by atoms with Gasteiger partial charge in [-0.3, -0.25) is 4.98 Å². The first kappa shape index (κ1) is 13.6. The number of rotatable bonds is 5. The predicted molar refractivity (Wildman–Crippen MR) is 85.6 cm³/mol. The zero-order valence-electron chi connectivity index (χ0n) is 12.1. The van der Waals surface area contributed by atoms with Gasteiger partial charge in [-0.05, 0) is 51.2 Å². The molecule has 0 fully saturated rings. The summed E-state index contributed by atoms with van der Waals surface area (Å²) in [6, 6.07) is 9.24. The lowest BCUT2D eigenvalue weighted by molar-refractivity contribution is 0.576. The normalized spacial score (nSPS) is 15.4. The lowest BCUT2D eigenvalue weighted by Gasteiger charge is -2.29. The third kappa shape index (κ3) is 2.58. The zero-order valence-corrected chi connectivity index (χ0v) is 12.9. The van der Waals surface area contributed by atoms with Crippen LogP contribution in [0.3, 0.4) is 0 Å². The number of hydrogen-bond donors (Lipinski definition) is 1. The lowest BCUT2D eigenvalue weighted by Crippen LogP contribution is -2.28. The minimum absolute atomic E-state index is 0.464. The van der Waals surface area contributed by atoms with E-state index in [4.69, 9.17) is 0 Å². The first-order chi connectivity index (χ1) is 9.79. The van der Waals surface area contributed by atoms with Gasteiger partial charge >= 0.3 is 0 Å². The second-order valence-corrected chi connectivity index (χ2v) is 6.59. The van der Waals surface area contributed by atoms with E-state index in [1.807, 2.05) is 30.6 Å². The van der Waals surface area contributed by atoms with Crippen molar-refractivity contribution in [2.45, 2.75) is 25.8 Å². The molecule has 1 aliphatic heterocycles. The summed E-state index contributed by atoms with van der Waals surface area (Å²) >= 11 is 1.92. The summed E-state index contributed by atoms with van der Waals surface area (Å²) in [4.78, 5) is 9.91. The molecule has 2 aromatic heterocycles. The second kappa shape index (κ2) is 5.94. The van der Waals surface area contributed by atoms with E-state index in [0.29, 0.717) is 6.04 Å². The Morgan fingerprint density at radius 2 is 2.30 bits per heavy atom. The Bertz CT molecular complexity index is 579. The Kier molecular flexibility index (Phi) is 4.03. The molecule has 0 spiro atoms. The summed E-state index contributed by atoms with van der Waals surface area (Å²) in [6.45, 7) is 4.30. The van der Waals surface area contributed by atoms with Crippen LogP contribution in [0, 0.1) is 6.92 Å². The number of hydrogen-bond acceptors (Lipinski definition) is 4. The molecule has 0 radical (unpaired) electrons. The molecule has 0 amide bonds. The van der Waals surface area contributed by atoms with Gasteiger partial charge in [-0.1, -0.05) is 0 Å². The number of aromatic nitrogens is 1. The highest BCUT2D eigenvalue weighted by molar-refractivity contribution is 7.12. The van der Waals surface area contributed by atoms with Gasteiger partial charge in [0.15, 0.2) is 0 Å². The van der Waals surface area contributed by atoms with E-state index in [2.05, 4.69) is 40.3 Å². The molecule has 0 saturated heterocycles. The molecule has 4 heteroatoms. The molecular formula is C16H21N3S. The van der Waals surface area contributed by atoms with Crippen LogP contribution in [0.1, 0.15) is 27.9 Å². The van der Waals surface area contributed by atoms with Crippen LogP contribution in [0.5, 0.6) is 0 Å². The van der Waals surface area contributed by atoms with Crippen molar-refractivity contribution < 1.29 is 0 Å². The number of pyridine rings is 1. The Hall–Kier alpha value is -1.39. The monoisotopic (exact) mass is 287 g/mol. The zero-order chi connectivity index (χ0) is 13.9. The van der Waals surface area contributed by atoms with E-state index >= 15 is 0 Å². The summed E-state index contributed by atoms with van der Waals surface area (Å²) in [5.74, 6) is 0. The number of aryl methyl sites for hydroxylation is 1. The van der Waals surface area contributed by atoms with Gasteiger partial charge in [-0.2, -0.15) is 0 Å². The highest BCUT2D eigenvalue weighted by Gasteiger charge is 2.28. The molecule has 3 heterocycles. The first-order valence-corrected chi connectivity index (χ1v) is 8.02. The van der Waals surface area contributed by atoms with Gasteiger partial charge in [0.2, 0.25) is 0 Å². The molecule has 0 aliphatic carbocycles. The predicted octanol–water partition coefficient (Wildman–Crippen LogP) is 3.16. The molecule has 0 saturated carbocycles. The van der Waals surface area contributed by atoms with Gasteiger partial charge < -0.3 is 10.2 Å². The summed E-state index contributed by atoms with van der Waals surface area (Å²) < 4.78 is 0. The Morgan fingerprint density at radius 3 is 3.05 bits per heavy atom. The topological polar surface area (TPSA) is 28.2 Å². The molecule has 0 bridgehead atoms. The molecule has 3 rings (SSSR count). The minimum Gasteiger partial charge on any atom is -0.362 e. The molecule has 3 nitrogen and oxygen atoms in total. The van der Waals surface area contributed by atoms with Gasteiger partial charge in [0.05, 0.1) is 17.4 Å². The fourth-order valence-corrected chi connectivity index (χ4v) is 3.94. The van der Waals surface area contributed by atoms with Crippen LogP contribution in [0.15, 0.2) is 30.5 Å². The summed E-state index contributed by atoms with van der Waals surface area (Å²) in [7, 11) is 2.02. The van der Waals surface area contributed by atoms with Crippen molar-refractivity contribution in [1.82, 2.24) is 10.3 Å². The van der Waals surface area contributed by atoms with Crippen LogP contribution < -0.4 is 10.2 Å². The van der Waals surface area contributed by atoms with Crippen LogP contribution >= 0.6 is 11.3 Å². The number of nitrogens with one attached hydrogen (secondary N) is 1. The summed E-state index contributed by atoms with van der Waals surface area (Å²) in [6.07, 6.45) is 4.10. The van der Waals surface area contributed by atoms with Crippen molar-refractivity contribution in [3.8, 4) is 0 Å². The molecule has 0 aromatic carbocycles. The minimum atomic E-state index is 0.464. The van der Waals surface area contributed by atoms with E-state index in [1.165, 1.54) is 21.1 Å². The van der Waals surface area contributed by atoms with Crippen LogP contribution in [-0.4, -0.2) is 25.1 Å². The molecular weight excluding hydrogens is 266 g/mol. The quantitative estimate of drug-likeness (QED) is 0.915. The van der Waals surface area contributed by atoms with Gasteiger partial charge in [-0.15, -0.1) is 11.3 Å². The standard InChI is InChI=1S/C16H21N3S/c1-12-5-6-16(20-12)15(7-10-17-2)19-11-8-13-14(19)4-3-9-18-13/h3-6,9,15,17H,7-8,10-11H2,1-2H3. The van der Waals surface area contributed by atoms with E-state index in [-0.39, 0.29) is 0 Å². The van der Waals surface area contributed by atoms with Gasteiger partial charge in [0.25, 0.3) is 0 Å². The maximum absolute atomic E-state index is 4.52. The van der Waals surface area contributed by atoms with Crippen molar-refractivity contribution in [1.29, 1.82) is 0 Å². The number of nitrogens with zero attached hydrogens (tertiary/aromatic N) is 2. The van der Waals surface area contributed by atoms with Crippen molar-refractivity contribution >= 4 is 17.0 Å².